The molecule has 0 unspecified atom stereocenters. The zero-order valence-electron chi connectivity index (χ0n) is 20.6. The van der Waals surface area contributed by atoms with Crippen molar-refractivity contribution in [1.82, 2.24) is 14.9 Å². The van der Waals surface area contributed by atoms with E-state index in [1.807, 2.05) is 36.4 Å². The van der Waals surface area contributed by atoms with E-state index in [1.54, 1.807) is 7.11 Å². The van der Waals surface area contributed by atoms with E-state index < -0.39 is 23.6 Å². The number of ether oxygens (including phenoxy) is 1. The number of hydrogen-bond acceptors (Lipinski definition) is 7. The van der Waals surface area contributed by atoms with Crippen molar-refractivity contribution in [3.8, 4) is 5.75 Å². The fourth-order valence-corrected chi connectivity index (χ4v) is 7.30. The highest BCUT2D eigenvalue weighted by Gasteiger charge is 2.71. The van der Waals surface area contributed by atoms with Gasteiger partial charge in [0.05, 0.1) is 41.7 Å². The zero-order chi connectivity index (χ0) is 26.9. The number of amides is 2. The van der Waals surface area contributed by atoms with Crippen LogP contribution in [0.1, 0.15) is 23.6 Å². The van der Waals surface area contributed by atoms with Crippen LogP contribution in [0.15, 0.2) is 36.5 Å². The lowest BCUT2D eigenvalue weighted by Gasteiger charge is -2.32. The third-order valence-corrected chi connectivity index (χ3v) is 8.84. The first-order valence-electron chi connectivity index (χ1n) is 12.5. The van der Waals surface area contributed by atoms with Crippen LogP contribution in [0, 0.1) is 29.6 Å². The number of likely N-dealkylation sites (tertiary alicyclic amines) is 1. The van der Waals surface area contributed by atoms with E-state index in [1.165, 1.54) is 4.90 Å². The predicted octanol–water partition coefficient (Wildman–Crippen LogP) is 4.03. The first kappa shape index (κ1) is 25.4. The van der Waals surface area contributed by atoms with Crippen molar-refractivity contribution in [3.05, 3.63) is 52.7 Å². The molecule has 2 saturated carbocycles. The molecule has 1 N–H and O–H groups in total. The van der Waals surface area contributed by atoms with Gasteiger partial charge in [0, 0.05) is 38.2 Å². The number of carbonyl (C=O) groups is 2. The fraction of sp³-hybridized carbons (Fsp3) is 0.500. The maximum absolute atomic E-state index is 13.5. The number of rotatable bonds is 6. The number of aromatic nitrogens is 1. The van der Waals surface area contributed by atoms with Gasteiger partial charge in [0.15, 0.2) is 0 Å². The molecule has 1 aromatic heterocycles. The average Bonchev–Trinajstić information content (AvgIpc) is 3.59. The minimum atomic E-state index is -4.55. The van der Waals surface area contributed by atoms with Gasteiger partial charge in [-0.1, -0.05) is 23.7 Å². The Labute approximate surface area is 222 Å². The normalized spacial score (nSPS) is 32.2. The topological polar surface area (TPSA) is 84.0 Å². The Kier molecular flexibility index (Phi) is 6.08. The summed E-state index contributed by atoms with van der Waals surface area (Å²) in [6.07, 6.45) is -3.22. The number of carbonyl (C=O) groups excluding carboxylic acids is 2. The Hall–Kier alpha value is -2.89. The minimum Gasteiger partial charge on any atom is -0.497 e. The summed E-state index contributed by atoms with van der Waals surface area (Å²) >= 11 is 5.96. The predicted molar refractivity (Wildman–Crippen MR) is 130 cm³/mol. The maximum atomic E-state index is 13.5. The summed E-state index contributed by atoms with van der Waals surface area (Å²) in [6.45, 7) is 0.187. The molecule has 3 heterocycles. The highest BCUT2D eigenvalue weighted by Crippen LogP contribution is 2.65. The lowest BCUT2D eigenvalue weighted by Crippen LogP contribution is -2.39. The second-order valence-electron chi connectivity index (χ2n) is 10.3. The number of pyridine rings is 1. The molecule has 2 aromatic rings. The van der Waals surface area contributed by atoms with E-state index in [4.69, 9.17) is 21.2 Å². The van der Waals surface area contributed by atoms with Gasteiger partial charge in [0.25, 0.3) is 0 Å². The van der Waals surface area contributed by atoms with Crippen molar-refractivity contribution in [2.45, 2.75) is 24.7 Å². The molecular weight excluding hydrogens is 525 g/mol. The summed E-state index contributed by atoms with van der Waals surface area (Å²) in [5.41, 5.74) is 0.122. The van der Waals surface area contributed by atoms with Gasteiger partial charge in [-0.15, -0.1) is 0 Å². The van der Waals surface area contributed by atoms with Gasteiger partial charge in [0.1, 0.15) is 11.6 Å². The third kappa shape index (κ3) is 3.85. The second kappa shape index (κ2) is 9.10. The van der Waals surface area contributed by atoms with Gasteiger partial charge in [-0.2, -0.15) is 18.2 Å². The van der Waals surface area contributed by atoms with Crippen molar-refractivity contribution in [2.24, 2.45) is 29.6 Å². The molecule has 1 aromatic carbocycles. The first-order chi connectivity index (χ1) is 18.1. The van der Waals surface area contributed by atoms with Gasteiger partial charge in [0.2, 0.25) is 11.8 Å². The number of alkyl halides is 3. The summed E-state index contributed by atoms with van der Waals surface area (Å²) < 4.78 is 43.9. The molecule has 7 atom stereocenters. The summed E-state index contributed by atoms with van der Waals surface area (Å²) in [6, 6.07) is 8.59. The van der Waals surface area contributed by atoms with E-state index in [-0.39, 0.29) is 65.6 Å². The first-order valence-corrected chi connectivity index (χ1v) is 12.8. The summed E-state index contributed by atoms with van der Waals surface area (Å²) in [5, 5.41) is 4.52. The number of anilines is 1. The van der Waals surface area contributed by atoms with Crippen LogP contribution in [-0.2, 0) is 20.6 Å². The molecule has 4 aliphatic rings. The van der Waals surface area contributed by atoms with Crippen molar-refractivity contribution in [1.29, 1.82) is 0 Å². The van der Waals surface area contributed by atoms with Crippen molar-refractivity contribution in [2.75, 3.05) is 32.6 Å². The third-order valence-electron chi connectivity index (χ3n) is 8.55. The van der Waals surface area contributed by atoms with Crippen LogP contribution in [0.4, 0.5) is 19.0 Å². The lowest BCUT2D eigenvalue weighted by atomic mass is 9.70. The number of nitrogens with zero attached hydrogens (tertiary/aromatic N) is 3. The molecule has 2 aliphatic heterocycles. The summed E-state index contributed by atoms with van der Waals surface area (Å²) in [5.74, 6) is -0.318. The minimum absolute atomic E-state index is 0.0208. The largest absolute Gasteiger partial charge is 0.497 e. The Bertz CT molecular complexity index is 1280. The molecule has 2 aliphatic carbocycles. The van der Waals surface area contributed by atoms with Crippen LogP contribution in [0.5, 0.6) is 5.75 Å². The molecule has 6 rings (SSSR count). The number of imide groups is 1. The van der Waals surface area contributed by atoms with Crippen LogP contribution in [0.2, 0.25) is 5.02 Å². The molecule has 202 valence electrons. The van der Waals surface area contributed by atoms with Crippen LogP contribution >= 0.6 is 11.6 Å². The van der Waals surface area contributed by atoms with Gasteiger partial charge in [-0.05, 0) is 36.1 Å². The van der Waals surface area contributed by atoms with Crippen LogP contribution in [0.3, 0.4) is 0 Å². The van der Waals surface area contributed by atoms with Crippen molar-refractivity contribution in [3.63, 3.8) is 0 Å². The number of benzene rings is 1. The molecule has 2 amide bonds. The molecule has 4 fully saturated rings. The van der Waals surface area contributed by atoms with Crippen LogP contribution in [-0.4, -0.2) is 60.1 Å². The smallest absolute Gasteiger partial charge is 0.417 e. The average molecular weight is 551 g/mol. The number of fused-ring (bicyclic) bond motifs is 8. The molecule has 38 heavy (non-hydrogen) atoms. The van der Waals surface area contributed by atoms with Crippen molar-refractivity contribution < 1.29 is 32.3 Å². The Morgan fingerprint density at radius 2 is 1.84 bits per heavy atom. The van der Waals surface area contributed by atoms with Crippen LogP contribution in [0.25, 0.3) is 0 Å². The number of halogens is 4. The Morgan fingerprint density at radius 3 is 2.47 bits per heavy atom. The molecule has 2 bridgehead atoms. The van der Waals surface area contributed by atoms with Gasteiger partial charge in [-0.25, -0.2) is 4.98 Å². The summed E-state index contributed by atoms with van der Waals surface area (Å²) in [7, 11) is 3.51. The van der Waals surface area contributed by atoms with Gasteiger partial charge < -0.3 is 10.1 Å². The molecule has 12 heteroatoms. The standard InChI is InChI=1S/C26H26ClF3N4O4/c1-33-21(12-3-5-14(37-2)6-4-12)20-15-10-16(22(20)38-33)19-18(15)24(35)34(25(19)36)8-7-31-23-17(27)9-13(11-32-23)26(28,29)30/h3-6,9,11,15-16,18-22H,7-8,10H2,1-2H3,(H,31,32)/t15-,16-,18+,19+,20+,21+,22+/m1/s1. The molecule has 0 spiro atoms. The van der Waals surface area contributed by atoms with E-state index in [2.05, 4.69) is 10.3 Å². The highest BCUT2D eigenvalue weighted by atomic mass is 35.5. The number of hydroxylamine groups is 2. The summed E-state index contributed by atoms with van der Waals surface area (Å²) in [4.78, 5) is 38.1. The zero-order valence-corrected chi connectivity index (χ0v) is 21.4. The maximum Gasteiger partial charge on any atom is 0.417 e. The van der Waals surface area contributed by atoms with Gasteiger partial charge >= 0.3 is 6.18 Å². The number of nitrogens with one attached hydrogen (secondary N) is 1. The molecular formula is C26H26ClF3N4O4. The van der Waals surface area contributed by atoms with E-state index in [0.29, 0.717) is 6.20 Å². The fourth-order valence-electron chi connectivity index (χ4n) is 7.07. The molecule has 8 nitrogen and oxygen atoms in total. The van der Waals surface area contributed by atoms with Crippen LogP contribution < -0.4 is 10.1 Å². The second-order valence-corrected chi connectivity index (χ2v) is 10.7. The number of hydrogen-bond donors (Lipinski definition) is 1. The van der Waals surface area contributed by atoms with E-state index in [0.717, 1.165) is 23.8 Å². The highest BCUT2D eigenvalue weighted by molar-refractivity contribution is 6.33. The monoisotopic (exact) mass is 550 g/mol. The Morgan fingerprint density at radius 1 is 1.16 bits per heavy atom. The number of methoxy groups -OCH3 is 1. The van der Waals surface area contributed by atoms with Crippen molar-refractivity contribution >= 4 is 29.2 Å². The lowest BCUT2D eigenvalue weighted by molar-refractivity contribution is -0.164. The quantitative estimate of drug-likeness (QED) is 0.544. The Balaban J connectivity index is 1.15. The molecule has 2 saturated heterocycles. The molecule has 0 radical (unpaired) electrons. The van der Waals surface area contributed by atoms with E-state index in [9.17, 15) is 22.8 Å². The van der Waals surface area contributed by atoms with E-state index >= 15 is 0 Å². The van der Waals surface area contributed by atoms with Gasteiger partial charge in [-0.3, -0.25) is 19.3 Å². The SMILES string of the molecule is COc1ccc([C@H]2[C@@H]3[C@@H]4C[C@@H]([C@@H]3ON2C)[C@@H]2C(=O)N(CCNc3ncc(C(F)(F)F)cc3Cl)C(=O)[C@@H]42)cc1.